The van der Waals surface area contributed by atoms with Crippen LogP contribution in [0.2, 0.25) is 0 Å². The molecular weight excluding hydrogens is 563 g/mol. The summed E-state index contributed by atoms with van der Waals surface area (Å²) in [4.78, 5) is 35.1. The van der Waals surface area contributed by atoms with Crippen molar-refractivity contribution in [1.82, 2.24) is 29.2 Å². The summed E-state index contributed by atoms with van der Waals surface area (Å²) in [6.45, 7) is 2.45. The number of fused-ring (bicyclic) bond motifs is 1. The number of imidazole rings is 2. The summed E-state index contributed by atoms with van der Waals surface area (Å²) in [6.07, 6.45) is 2.61. The summed E-state index contributed by atoms with van der Waals surface area (Å²) in [5.74, 6) is -3.13. The topological polar surface area (TPSA) is 114 Å². The van der Waals surface area contributed by atoms with E-state index in [2.05, 4.69) is 20.3 Å². The van der Waals surface area contributed by atoms with E-state index < -0.39 is 23.8 Å². The van der Waals surface area contributed by atoms with Crippen LogP contribution >= 0.6 is 0 Å². The van der Waals surface area contributed by atoms with E-state index in [1.807, 2.05) is 40.9 Å². The minimum absolute atomic E-state index is 0.191. The van der Waals surface area contributed by atoms with Crippen molar-refractivity contribution >= 4 is 17.4 Å². The van der Waals surface area contributed by atoms with Crippen molar-refractivity contribution in [3.05, 3.63) is 108 Å². The Hall–Kier alpha value is -5.14. The van der Waals surface area contributed by atoms with Crippen LogP contribution in [0.15, 0.2) is 73.3 Å². The number of carboxylic acid groups (broad SMARTS) is 1. The summed E-state index contributed by atoms with van der Waals surface area (Å²) in [6, 6.07) is 12.9. The molecule has 1 aromatic carbocycles. The van der Waals surface area contributed by atoms with Crippen LogP contribution in [-0.2, 0) is 17.8 Å². The van der Waals surface area contributed by atoms with Crippen molar-refractivity contribution in [3.8, 4) is 11.5 Å². The van der Waals surface area contributed by atoms with Gasteiger partial charge in [0.25, 0.3) is 5.91 Å². The average molecular weight is 587 g/mol. The zero-order chi connectivity index (χ0) is 30.4. The summed E-state index contributed by atoms with van der Waals surface area (Å²) in [5, 5.41) is 10.1. The van der Waals surface area contributed by atoms with E-state index in [9.17, 15) is 26.7 Å². The molecule has 9 nitrogen and oxygen atoms in total. The number of carbonyl (C=O) groups is 2. The lowest BCUT2D eigenvalue weighted by Gasteiger charge is -2.06. The first kappa shape index (κ1) is 29.8. The highest BCUT2D eigenvalue weighted by molar-refractivity contribution is 6.00. The third kappa shape index (κ3) is 7.13. The summed E-state index contributed by atoms with van der Waals surface area (Å²) >= 11 is 0. The molecule has 0 spiro atoms. The molecule has 42 heavy (non-hydrogen) atoms. The molecule has 5 aromatic rings. The van der Waals surface area contributed by atoms with Crippen LogP contribution in [-0.4, -0.2) is 53.6 Å². The molecule has 0 saturated carbocycles. The van der Waals surface area contributed by atoms with Crippen molar-refractivity contribution in [2.45, 2.75) is 26.1 Å². The van der Waals surface area contributed by atoms with Crippen molar-refractivity contribution in [3.63, 3.8) is 0 Å². The molecule has 4 heterocycles. The van der Waals surface area contributed by atoms with Gasteiger partial charge in [-0.25, -0.2) is 23.5 Å². The summed E-state index contributed by atoms with van der Waals surface area (Å²) < 4.78 is 62.7. The van der Waals surface area contributed by atoms with Gasteiger partial charge in [0, 0.05) is 43.0 Å². The average Bonchev–Trinajstić information content (AvgIpc) is 3.51. The van der Waals surface area contributed by atoms with Crippen LogP contribution in [0.5, 0.6) is 0 Å². The van der Waals surface area contributed by atoms with Gasteiger partial charge in [-0.1, -0.05) is 12.1 Å². The molecule has 0 aliphatic heterocycles. The standard InChI is InChI=1S/C26H22F2N6O.C2HF3O2/c1-17-31-22(16-33(17)15-19-5-6-20(27)14-21(19)28)25-32-24(23-4-2-3-13-34(23)25)26(35)30-12-9-18-7-10-29-11-8-18;3-2(4,5)1(6)7/h2-8,10-11,13-14,16H,9,12,15H2,1H3,(H,30,35);(H,6,7). The van der Waals surface area contributed by atoms with Gasteiger partial charge >= 0.3 is 12.1 Å². The molecule has 0 aliphatic carbocycles. The molecule has 5 rings (SSSR count). The third-order valence-electron chi connectivity index (χ3n) is 6.02. The van der Waals surface area contributed by atoms with E-state index in [4.69, 9.17) is 9.90 Å². The SMILES string of the molecule is Cc1nc(-c2nc(C(=O)NCCc3ccncc3)c3ccccn23)cn1Cc1ccc(F)cc1F.O=C(O)C(F)(F)F. The van der Waals surface area contributed by atoms with Crippen LogP contribution in [0.25, 0.3) is 17.0 Å². The molecule has 4 aromatic heterocycles. The third-order valence-corrected chi connectivity index (χ3v) is 6.02. The fraction of sp³-hybridized carbons (Fsp3) is 0.179. The number of benzene rings is 1. The summed E-state index contributed by atoms with van der Waals surface area (Å²) in [5.41, 5.74) is 2.92. The van der Waals surface area contributed by atoms with Crippen LogP contribution < -0.4 is 5.32 Å². The van der Waals surface area contributed by atoms with Crippen molar-refractivity contribution in [1.29, 1.82) is 0 Å². The van der Waals surface area contributed by atoms with Gasteiger partial charge in [-0.15, -0.1) is 0 Å². The van der Waals surface area contributed by atoms with E-state index in [-0.39, 0.29) is 12.5 Å². The normalized spacial score (nSPS) is 11.2. The van der Waals surface area contributed by atoms with Crippen molar-refractivity contribution < 1.29 is 36.6 Å². The molecule has 1 amide bonds. The predicted molar refractivity (Wildman–Crippen MR) is 141 cm³/mol. The molecule has 0 radical (unpaired) electrons. The Balaban J connectivity index is 0.000000517. The number of amides is 1. The Morgan fingerprint density at radius 1 is 1.02 bits per heavy atom. The van der Waals surface area contributed by atoms with Crippen LogP contribution in [0.4, 0.5) is 22.0 Å². The molecule has 14 heteroatoms. The number of pyridine rings is 2. The maximum atomic E-state index is 14.2. The fourth-order valence-corrected chi connectivity index (χ4v) is 3.95. The van der Waals surface area contributed by atoms with Gasteiger partial charge in [-0.05, 0) is 49.2 Å². The van der Waals surface area contributed by atoms with Gasteiger partial charge in [0.15, 0.2) is 11.5 Å². The lowest BCUT2D eigenvalue weighted by atomic mass is 10.2. The number of carboxylic acids is 1. The molecule has 0 saturated heterocycles. The van der Waals surface area contributed by atoms with E-state index in [0.717, 1.165) is 11.6 Å². The van der Waals surface area contributed by atoms with Crippen LogP contribution in [0.1, 0.15) is 27.4 Å². The van der Waals surface area contributed by atoms with Gasteiger partial charge in [-0.2, -0.15) is 13.2 Å². The Bertz CT molecular complexity index is 1720. The highest BCUT2D eigenvalue weighted by Gasteiger charge is 2.38. The maximum Gasteiger partial charge on any atom is 0.490 e. The largest absolute Gasteiger partial charge is 0.490 e. The maximum absolute atomic E-state index is 14.2. The number of nitrogens with zero attached hydrogens (tertiary/aromatic N) is 5. The second-order valence-corrected chi connectivity index (χ2v) is 8.94. The van der Waals surface area contributed by atoms with Gasteiger partial charge in [0.2, 0.25) is 0 Å². The summed E-state index contributed by atoms with van der Waals surface area (Å²) in [7, 11) is 0. The Labute approximate surface area is 235 Å². The van der Waals surface area contributed by atoms with E-state index in [1.165, 1.54) is 12.1 Å². The smallest absolute Gasteiger partial charge is 0.475 e. The zero-order valence-electron chi connectivity index (χ0n) is 21.9. The highest BCUT2D eigenvalue weighted by Crippen LogP contribution is 2.23. The number of halogens is 5. The second-order valence-electron chi connectivity index (χ2n) is 8.94. The first-order chi connectivity index (χ1) is 19.9. The number of hydrogen-bond acceptors (Lipinski definition) is 5. The predicted octanol–water partition coefficient (Wildman–Crippen LogP) is 4.83. The van der Waals surface area contributed by atoms with Gasteiger partial charge in [0.1, 0.15) is 23.2 Å². The Morgan fingerprint density at radius 3 is 2.40 bits per heavy atom. The number of aromatic nitrogens is 5. The number of nitrogens with one attached hydrogen (secondary N) is 1. The van der Waals surface area contributed by atoms with Gasteiger partial charge < -0.3 is 15.0 Å². The minimum atomic E-state index is -5.08. The van der Waals surface area contributed by atoms with Gasteiger partial charge in [-0.3, -0.25) is 14.2 Å². The van der Waals surface area contributed by atoms with Crippen molar-refractivity contribution in [2.24, 2.45) is 0 Å². The lowest BCUT2D eigenvalue weighted by molar-refractivity contribution is -0.192. The first-order valence-electron chi connectivity index (χ1n) is 12.4. The number of aryl methyl sites for hydroxylation is 1. The molecule has 0 fully saturated rings. The van der Waals surface area contributed by atoms with Crippen LogP contribution in [0, 0.1) is 18.6 Å². The highest BCUT2D eigenvalue weighted by atomic mass is 19.4. The number of rotatable bonds is 7. The molecule has 0 aliphatic rings. The molecule has 0 atom stereocenters. The Kier molecular flexibility index (Phi) is 8.93. The molecule has 218 valence electrons. The zero-order valence-corrected chi connectivity index (χ0v) is 21.9. The van der Waals surface area contributed by atoms with E-state index in [0.29, 0.717) is 47.1 Å². The fourth-order valence-electron chi connectivity index (χ4n) is 3.95. The monoisotopic (exact) mass is 586 g/mol. The van der Waals surface area contributed by atoms with Gasteiger partial charge in [0.05, 0.1) is 12.1 Å². The number of alkyl halides is 3. The van der Waals surface area contributed by atoms with E-state index >= 15 is 0 Å². The van der Waals surface area contributed by atoms with Crippen LogP contribution in [0.3, 0.4) is 0 Å². The molecule has 0 unspecified atom stereocenters. The molecule has 2 N–H and O–H groups in total. The molecular formula is C28H23F5N6O3. The number of hydrogen-bond donors (Lipinski definition) is 2. The Morgan fingerprint density at radius 2 is 1.74 bits per heavy atom. The number of aliphatic carboxylic acids is 1. The second kappa shape index (κ2) is 12.6. The number of carbonyl (C=O) groups excluding carboxylic acids is 1. The quantitative estimate of drug-likeness (QED) is 0.264. The molecule has 0 bridgehead atoms. The first-order valence-corrected chi connectivity index (χ1v) is 12.4. The lowest BCUT2D eigenvalue weighted by Crippen LogP contribution is -2.26. The van der Waals surface area contributed by atoms with E-state index in [1.54, 1.807) is 30.1 Å². The van der Waals surface area contributed by atoms with Crippen molar-refractivity contribution in [2.75, 3.05) is 6.54 Å². The minimum Gasteiger partial charge on any atom is -0.475 e.